The van der Waals surface area contributed by atoms with Crippen LogP contribution in [0.2, 0.25) is 0 Å². The SMILES string of the molecule is COc1ccc(C(N)C2CCCc3cccnc32)cc1. The van der Waals surface area contributed by atoms with Gasteiger partial charge in [0.25, 0.3) is 0 Å². The molecule has 3 rings (SSSR count). The van der Waals surface area contributed by atoms with Crippen molar-refractivity contribution >= 4 is 0 Å². The summed E-state index contributed by atoms with van der Waals surface area (Å²) >= 11 is 0. The molecule has 2 N–H and O–H groups in total. The third-order valence-electron chi connectivity index (χ3n) is 4.17. The number of benzene rings is 1. The minimum atomic E-state index is -0.00476. The lowest BCUT2D eigenvalue weighted by molar-refractivity contribution is 0.414. The van der Waals surface area contributed by atoms with Crippen LogP contribution in [0, 0.1) is 0 Å². The van der Waals surface area contributed by atoms with Gasteiger partial charge in [-0.3, -0.25) is 4.98 Å². The highest BCUT2D eigenvalue weighted by Gasteiger charge is 2.27. The number of rotatable bonds is 3. The van der Waals surface area contributed by atoms with Crippen LogP contribution in [0.15, 0.2) is 42.6 Å². The molecule has 20 heavy (non-hydrogen) atoms. The van der Waals surface area contributed by atoms with E-state index in [0.29, 0.717) is 5.92 Å². The summed E-state index contributed by atoms with van der Waals surface area (Å²) in [7, 11) is 1.68. The van der Waals surface area contributed by atoms with Gasteiger partial charge < -0.3 is 10.5 Å². The first-order valence-electron chi connectivity index (χ1n) is 7.13. The third kappa shape index (κ3) is 2.41. The number of nitrogens with zero attached hydrogens (tertiary/aromatic N) is 1. The van der Waals surface area contributed by atoms with Crippen molar-refractivity contribution in [3.05, 3.63) is 59.4 Å². The Morgan fingerprint density at radius 2 is 2.05 bits per heavy atom. The highest BCUT2D eigenvalue weighted by molar-refractivity contribution is 5.34. The van der Waals surface area contributed by atoms with E-state index in [0.717, 1.165) is 24.2 Å². The number of nitrogens with two attached hydrogens (primary N) is 1. The zero-order chi connectivity index (χ0) is 13.9. The first kappa shape index (κ1) is 13.1. The number of pyridine rings is 1. The molecular weight excluding hydrogens is 248 g/mol. The Kier molecular flexibility index (Phi) is 3.70. The second-order valence-corrected chi connectivity index (χ2v) is 5.35. The van der Waals surface area contributed by atoms with Crippen LogP contribution >= 0.6 is 0 Å². The summed E-state index contributed by atoms with van der Waals surface area (Å²) in [6.45, 7) is 0. The Balaban J connectivity index is 1.89. The van der Waals surface area contributed by atoms with Crippen LogP contribution in [0.4, 0.5) is 0 Å². The van der Waals surface area contributed by atoms with E-state index in [9.17, 15) is 0 Å². The summed E-state index contributed by atoms with van der Waals surface area (Å²) in [6, 6.07) is 12.2. The number of hydrogen-bond donors (Lipinski definition) is 1. The van der Waals surface area contributed by atoms with E-state index in [2.05, 4.69) is 23.2 Å². The van der Waals surface area contributed by atoms with E-state index < -0.39 is 0 Å². The second kappa shape index (κ2) is 5.63. The highest BCUT2D eigenvalue weighted by atomic mass is 16.5. The molecule has 1 aromatic heterocycles. The molecule has 0 bridgehead atoms. The quantitative estimate of drug-likeness (QED) is 0.930. The molecular formula is C17H20N2O. The number of hydrogen-bond acceptors (Lipinski definition) is 3. The van der Waals surface area contributed by atoms with E-state index in [1.54, 1.807) is 7.11 Å². The fourth-order valence-electron chi connectivity index (χ4n) is 3.05. The van der Waals surface area contributed by atoms with Crippen LogP contribution in [0.3, 0.4) is 0 Å². The van der Waals surface area contributed by atoms with Crippen molar-refractivity contribution in [3.8, 4) is 5.75 Å². The summed E-state index contributed by atoms with van der Waals surface area (Å²) in [4.78, 5) is 4.58. The van der Waals surface area contributed by atoms with E-state index >= 15 is 0 Å². The summed E-state index contributed by atoms with van der Waals surface area (Å²) in [5.41, 5.74) is 10.2. The van der Waals surface area contributed by atoms with Crippen molar-refractivity contribution in [2.75, 3.05) is 7.11 Å². The van der Waals surface area contributed by atoms with E-state index in [-0.39, 0.29) is 6.04 Å². The summed E-state index contributed by atoms with van der Waals surface area (Å²) in [6.07, 6.45) is 5.29. The van der Waals surface area contributed by atoms with Crippen LogP contribution in [-0.4, -0.2) is 12.1 Å². The van der Waals surface area contributed by atoms with Crippen molar-refractivity contribution in [2.45, 2.75) is 31.2 Å². The zero-order valence-corrected chi connectivity index (χ0v) is 11.8. The standard InChI is InChI=1S/C17H20N2O/c1-20-14-9-7-12(8-10-14)16(18)15-6-2-4-13-5-3-11-19-17(13)15/h3,5,7-11,15-16H,2,4,6,18H2,1H3. The third-order valence-corrected chi connectivity index (χ3v) is 4.17. The van der Waals surface area contributed by atoms with Crippen molar-refractivity contribution in [1.82, 2.24) is 4.98 Å². The Hall–Kier alpha value is -1.87. The van der Waals surface area contributed by atoms with Crippen molar-refractivity contribution in [2.24, 2.45) is 5.73 Å². The minimum Gasteiger partial charge on any atom is -0.497 e. The Morgan fingerprint density at radius 3 is 2.80 bits per heavy atom. The van der Waals surface area contributed by atoms with Crippen LogP contribution < -0.4 is 10.5 Å². The van der Waals surface area contributed by atoms with Gasteiger partial charge in [-0.2, -0.15) is 0 Å². The van der Waals surface area contributed by atoms with Gasteiger partial charge in [-0.05, 0) is 48.6 Å². The van der Waals surface area contributed by atoms with Gasteiger partial charge in [0.1, 0.15) is 5.75 Å². The van der Waals surface area contributed by atoms with Crippen molar-refractivity contribution in [3.63, 3.8) is 0 Å². The molecule has 3 heteroatoms. The molecule has 2 aromatic rings. The average molecular weight is 268 g/mol. The number of fused-ring (bicyclic) bond motifs is 1. The van der Waals surface area contributed by atoms with Crippen LogP contribution in [0.1, 0.15) is 41.6 Å². The lowest BCUT2D eigenvalue weighted by atomic mass is 9.80. The molecule has 3 nitrogen and oxygen atoms in total. The summed E-state index contributed by atoms with van der Waals surface area (Å²) in [5.74, 6) is 1.18. The maximum Gasteiger partial charge on any atom is 0.118 e. The lowest BCUT2D eigenvalue weighted by Gasteiger charge is -2.29. The topological polar surface area (TPSA) is 48.1 Å². The van der Waals surface area contributed by atoms with Gasteiger partial charge in [0.05, 0.1) is 7.11 Å². The predicted molar refractivity (Wildman–Crippen MR) is 79.8 cm³/mol. The number of aryl methyl sites for hydroxylation is 1. The molecule has 0 aliphatic heterocycles. The Bertz CT molecular complexity index is 580. The fraction of sp³-hybridized carbons (Fsp3) is 0.353. The maximum absolute atomic E-state index is 6.50. The second-order valence-electron chi connectivity index (χ2n) is 5.35. The lowest BCUT2D eigenvalue weighted by Crippen LogP contribution is -2.24. The number of aromatic nitrogens is 1. The molecule has 1 aromatic carbocycles. The van der Waals surface area contributed by atoms with Gasteiger partial charge in [-0.25, -0.2) is 0 Å². The van der Waals surface area contributed by atoms with Gasteiger partial charge in [0, 0.05) is 23.9 Å². The monoisotopic (exact) mass is 268 g/mol. The fourth-order valence-corrected chi connectivity index (χ4v) is 3.05. The normalized spacial score (nSPS) is 19.2. The van der Waals surface area contributed by atoms with Crippen molar-refractivity contribution in [1.29, 1.82) is 0 Å². The van der Waals surface area contributed by atoms with E-state index in [4.69, 9.17) is 10.5 Å². The van der Waals surface area contributed by atoms with Gasteiger partial charge in [-0.15, -0.1) is 0 Å². The molecule has 0 saturated heterocycles. The molecule has 0 saturated carbocycles. The Labute approximate surface area is 119 Å². The van der Waals surface area contributed by atoms with Gasteiger partial charge in [0.15, 0.2) is 0 Å². The predicted octanol–water partition coefficient (Wildman–Crippen LogP) is 3.21. The average Bonchev–Trinajstić information content (AvgIpc) is 2.54. The van der Waals surface area contributed by atoms with Gasteiger partial charge >= 0.3 is 0 Å². The molecule has 104 valence electrons. The molecule has 2 atom stereocenters. The minimum absolute atomic E-state index is 0.00476. The zero-order valence-electron chi connectivity index (χ0n) is 11.8. The maximum atomic E-state index is 6.50. The smallest absolute Gasteiger partial charge is 0.118 e. The van der Waals surface area contributed by atoms with Gasteiger partial charge in [0.2, 0.25) is 0 Å². The van der Waals surface area contributed by atoms with Crippen LogP contribution in [0.25, 0.3) is 0 Å². The molecule has 1 aliphatic carbocycles. The van der Waals surface area contributed by atoms with Crippen molar-refractivity contribution < 1.29 is 4.74 Å². The number of methoxy groups -OCH3 is 1. The Morgan fingerprint density at radius 1 is 1.25 bits per heavy atom. The molecule has 0 radical (unpaired) electrons. The summed E-state index contributed by atoms with van der Waals surface area (Å²) < 4.78 is 5.20. The highest BCUT2D eigenvalue weighted by Crippen LogP contribution is 2.38. The molecule has 0 amide bonds. The molecule has 2 unspecified atom stereocenters. The molecule has 0 fully saturated rings. The summed E-state index contributed by atoms with van der Waals surface area (Å²) in [5, 5.41) is 0. The van der Waals surface area contributed by atoms with E-state index in [1.165, 1.54) is 17.7 Å². The largest absolute Gasteiger partial charge is 0.497 e. The van der Waals surface area contributed by atoms with Gasteiger partial charge in [-0.1, -0.05) is 18.2 Å². The molecule has 1 aliphatic rings. The molecule has 1 heterocycles. The van der Waals surface area contributed by atoms with Crippen LogP contribution in [0.5, 0.6) is 5.75 Å². The number of ether oxygens (including phenoxy) is 1. The van der Waals surface area contributed by atoms with E-state index in [1.807, 2.05) is 24.4 Å². The first-order valence-corrected chi connectivity index (χ1v) is 7.13. The first-order chi connectivity index (χ1) is 9.79. The van der Waals surface area contributed by atoms with Crippen LogP contribution in [-0.2, 0) is 6.42 Å². The molecule has 0 spiro atoms.